The van der Waals surface area contributed by atoms with E-state index in [0.29, 0.717) is 26.2 Å². The smallest absolute Gasteiger partial charge is 0.230 e. The van der Waals surface area contributed by atoms with Crippen LogP contribution < -0.4 is 4.90 Å². The van der Waals surface area contributed by atoms with Crippen molar-refractivity contribution in [3.63, 3.8) is 0 Å². The average Bonchev–Trinajstić information content (AvgIpc) is 3.56. The minimum Gasteiger partial charge on any atom is -0.339 e. The Balaban J connectivity index is 1.26. The third kappa shape index (κ3) is 3.61. The van der Waals surface area contributed by atoms with Crippen molar-refractivity contribution >= 4 is 23.4 Å². The van der Waals surface area contributed by atoms with Gasteiger partial charge in [0.2, 0.25) is 17.7 Å². The number of carbonyl (C=O) groups is 3. The highest BCUT2D eigenvalue weighted by Gasteiger charge is 2.42. The first kappa shape index (κ1) is 19.6. The molecule has 0 N–H and O–H groups in total. The standard InChI is InChI=1S/C24H31N3O3/c28-22(18-9-10-18)25-13-15-26(16-14-25)23(29)19-6-2-3-7-20(19)24(30)27-12-11-17-5-1-4-8-21(17)27/h1,4-5,8,18-20H,2-3,6-7,9-16H2. The Hall–Kier alpha value is -2.37. The first-order chi connectivity index (χ1) is 14.6. The Morgan fingerprint density at radius 2 is 1.30 bits per heavy atom. The Morgan fingerprint density at radius 1 is 0.700 bits per heavy atom. The molecule has 1 saturated heterocycles. The van der Waals surface area contributed by atoms with Crippen LogP contribution in [-0.4, -0.2) is 60.2 Å². The summed E-state index contributed by atoms with van der Waals surface area (Å²) in [5, 5.41) is 0. The van der Waals surface area contributed by atoms with Crippen molar-refractivity contribution in [1.82, 2.24) is 9.80 Å². The van der Waals surface area contributed by atoms with E-state index >= 15 is 0 Å². The summed E-state index contributed by atoms with van der Waals surface area (Å²) in [5.74, 6) is 0.310. The quantitative estimate of drug-likeness (QED) is 0.771. The molecule has 1 aromatic carbocycles. The number of piperazine rings is 1. The van der Waals surface area contributed by atoms with Gasteiger partial charge < -0.3 is 14.7 Å². The molecule has 2 saturated carbocycles. The predicted molar refractivity (Wildman–Crippen MR) is 114 cm³/mol. The number of nitrogens with zero attached hydrogens (tertiary/aromatic N) is 3. The summed E-state index contributed by atoms with van der Waals surface area (Å²) >= 11 is 0. The van der Waals surface area contributed by atoms with E-state index in [0.717, 1.165) is 57.2 Å². The molecule has 2 aliphatic heterocycles. The van der Waals surface area contributed by atoms with Gasteiger partial charge in [-0.15, -0.1) is 0 Å². The van der Waals surface area contributed by atoms with Gasteiger partial charge in [-0.05, 0) is 43.7 Å². The van der Waals surface area contributed by atoms with E-state index in [1.165, 1.54) is 5.56 Å². The van der Waals surface area contributed by atoms with Gasteiger partial charge in [0.25, 0.3) is 0 Å². The molecule has 0 spiro atoms. The molecule has 30 heavy (non-hydrogen) atoms. The van der Waals surface area contributed by atoms with Gasteiger partial charge in [0, 0.05) is 50.2 Å². The SMILES string of the molecule is O=C(C1CC1)N1CCN(C(=O)C2CCCCC2C(=O)N2CCc3ccccc32)CC1. The fourth-order valence-corrected chi connectivity index (χ4v) is 5.46. The van der Waals surface area contributed by atoms with Gasteiger partial charge in [-0.2, -0.15) is 0 Å². The van der Waals surface area contributed by atoms with Gasteiger partial charge in [0.05, 0.1) is 5.92 Å². The van der Waals surface area contributed by atoms with Gasteiger partial charge in [0.15, 0.2) is 0 Å². The Labute approximate surface area is 178 Å². The van der Waals surface area contributed by atoms with E-state index in [2.05, 4.69) is 6.07 Å². The van der Waals surface area contributed by atoms with Crippen LogP contribution in [0, 0.1) is 17.8 Å². The van der Waals surface area contributed by atoms with E-state index in [1.807, 2.05) is 32.9 Å². The molecule has 4 aliphatic rings. The molecule has 3 amide bonds. The summed E-state index contributed by atoms with van der Waals surface area (Å²) in [6, 6.07) is 8.12. The second kappa shape index (κ2) is 8.05. The lowest BCUT2D eigenvalue weighted by molar-refractivity contribution is -0.147. The molecule has 0 bridgehead atoms. The van der Waals surface area contributed by atoms with Crippen molar-refractivity contribution < 1.29 is 14.4 Å². The molecule has 0 aromatic heterocycles. The van der Waals surface area contributed by atoms with Crippen LogP contribution in [0.1, 0.15) is 44.1 Å². The predicted octanol–water partition coefficient (Wildman–Crippen LogP) is 2.46. The summed E-state index contributed by atoms with van der Waals surface area (Å²) in [6.07, 6.45) is 6.55. The van der Waals surface area contributed by atoms with Crippen LogP contribution in [0.5, 0.6) is 0 Å². The van der Waals surface area contributed by atoms with Crippen LogP contribution in [0.25, 0.3) is 0 Å². The first-order valence-corrected chi connectivity index (χ1v) is 11.6. The van der Waals surface area contributed by atoms with Crippen LogP contribution in [-0.2, 0) is 20.8 Å². The molecular formula is C24H31N3O3. The van der Waals surface area contributed by atoms with Crippen molar-refractivity contribution in [2.45, 2.75) is 44.9 Å². The van der Waals surface area contributed by atoms with Crippen LogP contribution in [0.15, 0.2) is 24.3 Å². The molecule has 2 aliphatic carbocycles. The van der Waals surface area contributed by atoms with Crippen molar-refractivity contribution in [3.8, 4) is 0 Å². The van der Waals surface area contributed by atoms with Crippen LogP contribution in [0.2, 0.25) is 0 Å². The molecule has 2 heterocycles. The lowest BCUT2D eigenvalue weighted by Gasteiger charge is -2.39. The molecule has 2 atom stereocenters. The number of anilines is 1. The number of hydrogen-bond donors (Lipinski definition) is 0. The summed E-state index contributed by atoms with van der Waals surface area (Å²) in [7, 11) is 0. The number of rotatable bonds is 3. The van der Waals surface area contributed by atoms with E-state index in [1.54, 1.807) is 0 Å². The number of amides is 3. The fourth-order valence-electron chi connectivity index (χ4n) is 5.46. The van der Waals surface area contributed by atoms with Crippen LogP contribution in [0.4, 0.5) is 5.69 Å². The van der Waals surface area contributed by atoms with Crippen LogP contribution in [0.3, 0.4) is 0 Å². The lowest BCUT2D eigenvalue weighted by atomic mass is 9.77. The average molecular weight is 410 g/mol. The molecule has 6 nitrogen and oxygen atoms in total. The maximum absolute atomic E-state index is 13.5. The summed E-state index contributed by atoms with van der Waals surface area (Å²) in [5.41, 5.74) is 2.24. The lowest BCUT2D eigenvalue weighted by Crippen LogP contribution is -2.54. The Kier molecular flexibility index (Phi) is 5.25. The highest BCUT2D eigenvalue weighted by molar-refractivity contribution is 5.99. The summed E-state index contributed by atoms with van der Waals surface area (Å²) < 4.78 is 0. The van der Waals surface area contributed by atoms with Gasteiger partial charge in [-0.3, -0.25) is 14.4 Å². The molecule has 5 rings (SSSR count). The second-order valence-electron chi connectivity index (χ2n) is 9.29. The molecule has 3 fully saturated rings. The minimum absolute atomic E-state index is 0.124. The third-order valence-electron chi connectivity index (χ3n) is 7.38. The number of fused-ring (bicyclic) bond motifs is 1. The first-order valence-electron chi connectivity index (χ1n) is 11.6. The number of hydrogen-bond acceptors (Lipinski definition) is 3. The van der Waals surface area contributed by atoms with E-state index in [4.69, 9.17) is 0 Å². The van der Waals surface area contributed by atoms with Gasteiger partial charge in [-0.25, -0.2) is 0 Å². The topological polar surface area (TPSA) is 60.9 Å². The number of benzene rings is 1. The van der Waals surface area contributed by atoms with Crippen LogP contribution >= 0.6 is 0 Å². The van der Waals surface area contributed by atoms with E-state index in [-0.39, 0.29) is 35.5 Å². The van der Waals surface area contributed by atoms with Gasteiger partial charge >= 0.3 is 0 Å². The highest BCUT2D eigenvalue weighted by atomic mass is 16.2. The Bertz CT molecular complexity index is 842. The monoisotopic (exact) mass is 409 g/mol. The van der Waals surface area contributed by atoms with Crippen molar-refractivity contribution in [3.05, 3.63) is 29.8 Å². The largest absolute Gasteiger partial charge is 0.339 e. The van der Waals surface area contributed by atoms with Crippen molar-refractivity contribution in [2.75, 3.05) is 37.6 Å². The van der Waals surface area contributed by atoms with E-state index in [9.17, 15) is 14.4 Å². The van der Waals surface area contributed by atoms with E-state index < -0.39 is 0 Å². The van der Waals surface area contributed by atoms with Crippen molar-refractivity contribution in [2.24, 2.45) is 17.8 Å². The normalized spacial score (nSPS) is 26.5. The maximum Gasteiger partial charge on any atom is 0.230 e. The summed E-state index contributed by atoms with van der Waals surface area (Å²) in [4.78, 5) is 44.9. The number of para-hydroxylation sites is 1. The zero-order valence-electron chi connectivity index (χ0n) is 17.6. The molecule has 6 heteroatoms. The van der Waals surface area contributed by atoms with Gasteiger partial charge in [0.1, 0.15) is 0 Å². The second-order valence-corrected chi connectivity index (χ2v) is 9.29. The van der Waals surface area contributed by atoms with Gasteiger partial charge in [-0.1, -0.05) is 31.0 Å². The molecular weight excluding hydrogens is 378 g/mol. The maximum atomic E-state index is 13.5. The van der Waals surface area contributed by atoms with Crippen molar-refractivity contribution in [1.29, 1.82) is 0 Å². The molecule has 1 aromatic rings. The number of carbonyl (C=O) groups excluding carboxylic acids is 3. The molecule has 0 radical (unpaired) electrons. The third-order valence-corrected chi connectivity index (χ3v) is 7.38. The fraction of sp³-hybridized carbons (Fsp3) is 0.625. The highest BCUT2D eigenvalue weighted by Crippen LogP contribution is 2.37. The molecule has 2 unspecified atom stereocenters. The summed E-state index contributed by atoms with van der Waals surface area (Å²) in [6.45, 7) is 3.18. The molecule has 160 valence electrons. The Morgan fingerprint density at radius 3 is 1.97 bits per heavy atom. The zero-order valence-corrected chi connectivity index (χ0v) is 17.6. The minimum atomic E-state index is -0.219. The zero-order chi connectivity index (χ0) is 20.7.